The van der Waals surface area contributed by atoms with E-state index in [0.717, 1.165) is 18.7 Å². The number of fused-ring (bicyclic) bond motifs is 1. The molecule has 0 N–H and O–H groups in total. The monoisotopic (exact) mass is 270 g/mol. The molecule has 4 nitrogen and oxygen atoms in total. The van der Waals surface area contributed by atoms with Crippen LogP contribution in [-0.4, -0.2) is 16.7 Å². The fourth-order valence-corrected chi connectivity index (χ4v) is 2.33. The van der Waals surface area contributed by atoms with Crippen molar-refractivity contribution < 1.29 is 9.64 Å². The fourth-order valence-electron chi connectivity index (χ4n) is 2.33. The molecule has 0 radical (unpaired) electrons. The molecular formula is C16H20N3O+. The van der Waals surface area contributed by atoms with Gasteiger partial charge in [-0.1, -0.05) is 62.6 Å². The van der Waals surface area contributed by atoms with E-state index in [9.17, 15) is 0 Å². The average molecular weight is 270 g/mol. The van der Waals surface area contributed by atoms with Crippen molar-refractivity contribution in [3.63, 3.8) is 0 Å². The van der Waals surface area contributed by atoms with Gasteiger partial charge in [-0.05, 0) is 17.9 Å². The maximum Gasteiger partial charge on any atom is 0.278 e. The van der Waals surface area contributed by atoms with Crippen LogP contribution in [0.15, 0.2) is 47.7 Å². The quantitative estimate of drug-likeness (QED) is 0.543. The first-order chi connectivity index (χ1) is 9.90. The first-order valence-electron chi connectivity index (χ1n) is 7.32. The summed E-state index contributed by atoms with van der Waals surface area (Å²) in [4.78, 5) is 7.42. The highest BCUT2D eigenvalue weighted by Gasteiger charge is 2.43. The molecule has 0 saturated heterocycles. The normalized spacial score (nSPS) is 13.7. The van der Waals surface area contributed by atoms with Gasteiger partial charge in [-0.2, -0.15) is 4.84 Å². The first kappa shape index (κ1) is 13.1. The van der Waals surface area contributed by atoms with Crippen LogP contribution < -0.4 is 0 Å². The third kappa shape index (κ3) is 2.80. The Morgan fingerprint density at radius 2 is 1.90 bits per heavy atom. The van der Waals surface area contributed by atoms with Crippen molar-refractivity contribution in [2.75, 3.05) is 6.61 Å². The van der Waals surface area contributed by atoms with Gasteiger partial charge in [0.2, 0.25) is 5.28 Å². The summed E-state index contributed by atoms with van der Waals surface area (Å²) < 4.78 is 0. The Bertz CT molecular complexity index is 619. The van der Waals surface area contributed by atoms with Crippen LogP contribution in [0.1, 0.15) is 32.6 Å². The van der Waals surface area contributed by atoms with Crippen LogP contribution in [0.2, 0.25) is 0 Å². The van der Waals surface area contributed by atoms with Crippen molar-refractivity contribution in [3.8, 4) is 0 Å². The zero-order valence-corrected chi connectivity index (χ0v) is 11.8. The molecule has 0 atom stereocenters. The molecule has 0 spiro atoms. The molecule has 20 heavy (non-hydrogen) atoms. The van der Waals surface area contributed by atoms with Gasteiger partial charge >= 0.3 is 0 Å². The lowest BCUT2D eigenvalue weighted by Crippen LogP contribution is -2.08. The lowest BCUT2D eigenvalue weighted by Gasteiger charge is -1.98. The number of rotatable bonds is 7. The Morgan fingerprint density at radius 1 is 1.05 bits per heavy atom. The van der Waals surface area contributed by atoms with Crippen molar-refractivity contribution in [1.29, 1.82) is 0 Å². The highest BCUT2D eigenvalue weighted by molar-refractivity contribution is 5.90. The van der Waals surface area contributed by atoms with Gasteiger partial charge in [0.25, 0.3) is 5.22 Å². The van der Waals surface area contributed by atoms with Gasteiger partial charge in [-0.25, -0.2) is 0 Å². The molecule has 2 aromatic rings. The number of unbranched alkanes of at least 4 members (excludes halogenated alkanes) is 3. The Kier molecular flexibility index (Phi) is 3.92. The van der Waals surface area contributed by atoms with E-state index < -0.39 is 0 Å². The van der Waals surface area contributed by atoms with E-state index in [2.05, 4.69) is 36.4 Å². The molecule has 3 rings (SSSR count). The summed E-state index contributed by atoms with van der Waals surface area (Å²) in [7, 11) is 0. The Morgan fingerprint density at radius 3 is 2.80 bits per heavy atom. The zero-order chi connectivity index (χ0) is 13.8. The first-order valence-corrected chi connectivity index (χ1v) is 7.32. The summed E-state index contributed by atoms with van der Waals surface area (Å²) in [6.07, 6.45) is 4.83. The van der Waals surface area contributed by atoms with E-state index in [1.54, 1.807) is 5.28 Å². The minimum atomic E-state index is 0.727. The third-order valence-electron chi connectivity index (χ3n) is 3.48. The maximum atomic E-state index is 5.61. The van der Waals surface area contributed by atoms with Crippen molar-refractivity contribution in [2.24, 2.45) is 5.22 Å². The number of hydrogen-bond donors (Lipinski definition) is 0. The standard InChI is InChI=1S/C16H20N3O/c1-2-3-4-7-13-20-19-17-18(19)16-12-8-10-14-9-5-6-11-15(14)16/h5-6,8-12H,2-4,7,13H2,1H3/q+1. The second-order valence-electron chi connectivity index (χ2n) is 5.02. The van der Waals surface area contributed by atoms with Gasteiger partial charge < -0.3 is 0 Å². The molecule has 1 heterocycles. The number of benzene rings is 2. The van der Waals surface area contributed by atoms with E-state index in [1.165, 1.54) is 30.0 Å². The second kappa shape index (κ2) is 6.01. The molecule has 1 aliphatic heterocycles. The van der Waals surface area contributed by atoms with Gasteiger partial charge in [-0.15, -0.1) is 0 Å². The average Bonchev–Trinajstić information content (AvgIpc) is 3.26. The van der Waals surface area contributed by atoms with Gasteiger partial charge in [0, 0.05) is 5.39 Å². The third-order valence-corrected chi connectivity index (χ3v) is 3.48. The van der Waals surface area contributed by atoms with E-state index in [1.807, 2.05) is 23.0 Å². The van der Waals surface area contributed by atoms with Crippen molar-refractivity contribution in [3.05, 3.63) is 42.5 Å². The highest BCUT2D eigenvalue weighted by atomic mass is 16.8. The second-order valence-corrected chi connectivity index (χ2v) is 5.02. The largest absolute Gasteiger partial charge is 0.278 e. The molecule has 0 saturated carbocycles. The summed E-state index contributed by atoms with van der Waals surface area (Å²) in [5.41, 5.74) is 1.07. The molecule has 104 valence electrons. The lowest BCUT2D eigenvalue weighted by molar-refractivity contribution is -0.577. The highest BCUT2D eigenvalue weighted by Crippen LogP contribution is 2.31. The smallest absolute Gasteiger partial charge is 0.153 e. The molecular weight excluding hydrogens is 250 g/mol. The maximum absolute atomic E-state index is 5.61. The molecule has 0 aromatic heterocycles. The van der Waals surface area contributed by atoms with Crippen LogP contribution in [0.4, 0.5) is 5.69 Å². The summed E-state index contributed by atoms with van der Waals surface area (Å²) in [6, 6.07) is 14.5. The van der Waals surface area contributed by atoms with Crippen LogP contribution >= 0.6 is 0 Å². The molecule has 0 fully saturated rings. The Labute approximate surface area is 119 Å². The van der Waals surface area contributed by atoms with E-state index in [4.69, 9.17) is 4.84 Å². The van der Waals surface area contributed by atoms with E-state index >= 15 is 0 Å². The number of hydrogen-bond acceptors (Lipinski definition) is 3. The molecule has 0 aliphatic carbocycles. The van der Waals surface area contributed by atoms with Crippen LogP contribution in [0, 0.1) is 0 Å². The van der Waals surface area contributed by atoms with Crippen LogP contribution in [0.5, 0.6) is 0 Å². The van der Waals surface area contributed by atoms with Gasteiger partial charge in [0.05, 0.1) is 6.61 Å². The topological polar surface area (TPSA) is 27.6 Å². The van der Waals surface area contributed by atoms with Crippen LogP contribution in [0.3, 0.4) is 0 Å². The summed E-state index contributed by atoms with van der Waals surface area (Å²) in [5, 5.41) is 8.22. The molecule has 0 amide bonds. The molecule has 2 aromatic carbocycles. The SMILES string of the molecule is CCCCCCON1N=[N+]1c1cccc2ccccc12. The van der Waals surface area contributed by atoms with Crippen molar-refractivity contribution in [2.45, 2.75) is 32.6 Å². The van der Waals surface area contributed by atoms with Crippen molar-refractivity contribution in [1.82, 2.24) is 5.28 Å². The molecule has 4 heteroatoms. The Hall–Kier alpha value is -1.94. The molecule has 1 aliphatic rings. The number of nitrogens with zero attached hydrogens (tertiary/aromatic N) is 3. The van der Waals surface area contributed by atoms with Crippen LogP contribution in [-0.2, 0) is 4.84 Å². The van der Waals surface area contributed by atoms with Gasteiger partial charge in [0.1, 0.15) is 4.81 Å². The zero-order valence-electron chi connectivity index (χ0n) is 11.8. The molecule has 0 unspecified atom stereocenters. The van der Waals surface area contributed by atoms with Gasteiger partial charge in [-0.3, -0.25) is 0 Å². The van der Waals surface area contributed by atoms with E-state index in [0.29, 0.717) is 0 Å². The summed E-state index contributed by atoms with van der Waals surface area (Å²) >= 11 is 0. The minimum absolute atomic E-state index is 0.727. The lowest BCUT2D eigenvalue weighted by atomic mass is 10.1. The summed E-state index contributed by atoms with van der Waals surface area (Å²) in [5.74, 6) is 0. The predicted octanol–water partition coefficient (Wildman–Crippen LogP) is 4.59. The van der Waals surface area contributed by atoms with Gasteiger partial charge in [0.15, 0.2) is 5.69 Å². The molecule has 0 bridgehead atoms. The van der Waals surface area contributed by atoms with Crippen molar-refractivity contribution >= 4 is 16.5 Å². The van der Waals surface area contributed by atoms with E-state index in [-0.39, 0.29) is 0 Å². The Balaban J connectivity index is 1.59. The predicted molar refractivity (Wildman–Crippen MR) is 78.2 cm³/mol. The fraction of sp³-hybridized carbons (Fsp3) is 0.375. The van der Waals surface area contributed by atoms with Crippen LogP contribution in [0.25, 0.3) is 10.8 Å². The number of hydrazine groups is 1. The summed E-state index contributed by atoms with van der Waals surface area (Å²) in [6.45, 7) is 2.94. The minimum Gasteiger partial charge on any atom is -0.153 e.